The van der Waals surface area contributed by atoms with E-state index in [-0.39, 0.29) is 30.9 Å². The Morgan fingerprint density at radius 1 is 1.27 bits per heavy atom. The lowest BCUT2D eigenvalue weighted by Gasteiger charge is -2.28. The van der Waals surface area contributed by atoms with Gasteiger partial charge in [0.25, 0.3) is 0 Å². The fraction of sp³-hybridized carbons (Fsp3) is 0.316. The lowest BCUT2D eigenvalue weighted by Crippen LogP contribution is -2.31. The van der Waals surface area contributed by atoms with Crippen molar-refractivity contribution in [1.82, 2.24) is 5.32 Å². The predicted molar refractivity (Wildman–Crippen MR) is 101 cm³/mol. The van der Waals surface area contributed by atoms with Gasteiger partial charge in [0, 0.05) is 17.1 Å². The molecule has 0 saturated carbocycles. The average Bonchev–Trinajstić information content (AvgIpc) is 2.60. The highest BCUT2D eigenvalue weighted by atomic mass is 35.5. The standard InChI is InChI=1S/C19H19ClFNO3.ClH/c1-2-24-18(23)11-25-17-6-3-13(20)10-16(17)19-15-5-4-14(21)9-12(15)7-8-22-19;/h3-6,9-10,19,22H,2,7-8,11H2,1H3;1H/t19-;/m0./s1. The summed E-state index contributed by atoms with van der Waals surface area (Å²) in [7, 11) is 0. The fourth-order valence-corrected chi connectivity index (χ4v) is 3.21. The van der Waals surface area contributed by atoms with Crippen molar-refractivity contribution in [2.45, 2.75) is 19.4 Å². The summed E-state index contributed by atoms with van der Waals surface area (Å²) in [5, 5.41) is 3.98. The first-order chi connectivity index (χ1) is 12.1. The van der Waals surface area contributed by atoms with E-state index in [0.717, 1.165) is 23.1 Å². The third kappa shape index (κ3) is 4.67. The maximum Gasteiger partial charge on any atom is 0.344 e. The molecule has 4 nitrogen and oxygen atoms in total. The third-order valence-corrected chi connectivity index (χ3v) is 4.33. The summed E-state index contributed by atoms with van der Waals surface area (Å²) in [4.78, 5) is 11.6. The van der Waals surface area contributed by atoms with Crippen LogP contribution in [0.2, 0.25) is 5.02 Å². The number of esters is 1. The Morgan fingerprint density at radius 2 is 2.08 bits per heavy atom. The molecule has 0 amide bonds. The molecule has 140 valence electrons. The van der Waals surface area contributed by atoms with E-state index < -0.39 is 5.97 Å². The summed E-state index contributed by atoms with van der Waals surface area (Å²) in [5.74, 6) is -0.126. The lowest BCUT2D eigenvalue weighted by atomic mass is 9.89. The molecular formula is C19H20Cl2FNO3. The van der Waals surface area contributed by atoms with Crippen LogP contribution >= 0.6 is 24.0 Å². The number of hydrogen-bond donors (Lipinski definition) is 1. The zero-order valence-electron chi connectivity index (χ0n) is 14.3. The van der Waals surface area contributed by atoms with Crippen LogP contribution in [0, 0.1) is 5.82 Å². The van der Waals surface area contributed by atoms with Crippen LogP contribution in [0.5, 0.6) is 5.75 Å². The molecular weight excluding hydrogens is 380 g/mol. The molecule has 0 unspecified atom stereocenters. The smallest absolute Gasteiger partial charge is 0.344 e. The number of carbonyl (C=O) groups is 1. The van der Waals surface area contributed by atoms with Crippen LogP contribution in [0.15, 0.2) is 36.4 Å². The Bertz CT molecular complexity index is 785. The van der Waals surface area contributed by atoms with Crippen LogP contribution in [-0.4, -0.2) is 25.7 Å². The van der Waals surface area contributed by atoms with E-state index in [4.69, 9.17) is 21.1 Å². The molecule has 7 heteroatoms. The minimum absolute atomic E-state index is 0. The maximum absolute atomic E-state index is 13.5. The van der Waals surface area contributed by atoms with Crippen LogP contribution in [0.3, 0.4) is 0 Å². The second kappa shape index (κ2) is 9.21. The number of benzene rings is 2. The molecule has 0 saturated heterocycles. The highest BCUT2D eigenvalue weighted by molar-refractivity contribution is 6.30. The van der Waals surface area contributed by atoms with E-state index in [1.165, 1.54) is 6.07 Å². The summed E-state index contributed by atoms with van der Waals surface area (Å²) in [6.45, 7) is 2.59. The number of halogens is 3. The van der Waals surface area contributed by atoms with Gasteiger partial charge >= 0.3 is 5.97 Å². The van der Waals surface area contributed by atoms with Crippen LogP contribution < -0.4 is 10.1 Å². The van der Waals surface area contributed by atoms with Gasteiger partial charge in [-0.3, -0.25) is 0 Å². The van der Waals surface area contributed by atoms with Gasteiger partial charge in [-0.1, -0.05) is 17.7 Å². The van der Waals surface area contributed by atoms with Crippen LogP contribution in [0.4, 0.5) is 4.39 Å². The van der Waals surface area contributed by atoms with Crippen molar-refractivity contribution in [2.24, 2.45) is 0 Å². The second-order valence-electron chi connectivity index (χ2n) is 5.76. The Hall–Kier alpha value is -1.82. The lowest BCUT2D eigenvalue weighted by molar-refractivity contribution is -0.145. The van der Waals surface area contributed by atoms with Crippen LogP contribution in [0.1, 0.15) is 29.7 Å². The number of ether oxygens (including phenoxy) is 2. The summed E-state index contributed by atoms with van der Waals surface area (Å²) < 4.78 is 24.1. The maximum atomic E-state index is 13.5. The molecule has 1 atom stereocenters. The fourth-order valence-electron chi connectivity index (χ4n) is 3.03. The molecule has 1 aliphatic heterocycles. The van der Waals surface area contributed by atoms with E-state index >= 15 is 0 Å². The van der Waals surface area contributed by atoms with E-state index in [2.05, 4.69) is 5.32 Å². The van der Waals surface area contributed by atoms with E-state index in [0.29, 0.717) is 23.9 Å². The first kappa shape index (κ1) is 20.5. The van der Waals surface area contributed by atoms with Crippen molar-refractivity contribution >= 4 is 30.0 Å². The summed E-state index contributed by atoms with van der Waals surface area (Å²) in [6.07, 6.45) is 0.753. The molecule has 1 heterocycles. The minimum atomic E-state index is -0.428. The summed E-state index contributed by atoms with van der Waals surface area (Å²) in [5.41, 5.74) is 2.75. The first-order valence-electron chi connectivity index (χ1n) is 8.18. The van der Waals surface area contributed by atoms with Crippen molar-refractivity contribution in [3.8, 4) is 5.75 Å². The minimum Gasteiger partial charge on any atom is -0.482 e. The van der Waals surface area contributed by atoms with Gasteiger partial charge in [-0.05, 0) is 54.8 Å². The molecule has 0 spiro atoms. The van der Waals surface area contributed by atoms with Crippen molar-refractivity contribution in [3.05, 3.63) is 63.9 Å². The summed E-state index contributed by atoms with van der Waals surface area (Å²) in [6, 6.07) is 9.85. The molecule has 1 aliphatic rings. The van der Waals surface area contributed by atoms with Gasteiger partial charge < -0.3 is 14.8 Å². The Kier molecular flexibility index (Phi) is 7.26. The largest absolute Gasteiger partial charge is 0.482 e. The second-order valence-corrected chi connectivity index (χ2v) is 6.19. The van der Waals surface area contributed by atoms with Crippen molar-refractivity contribution in [2.75, 3.05) is 19.8 Å². The molecule has 0 aliphatic carbocycles. The SMILES string of the molecule is CCOC(=O)COc1ccc(Cl)cc1[C@H]1NCCc2cc(F)ccc21.Cl. The Balaban J connectivity index is 0.00000243. The molecule has 2 aromatic rings. The normalized spacial score (nSPS) is 15.6. The van der Waals surface area contributed by atoms with Gasteiger partial charge in [-0.25, -0.2) is 9.18 Å². The van der Waals surface area contributed by atoms with Gasteiger partial charge in [0.1, 0.15) is 11.6 Å². The number of hydrogen-bond acceptors (Lipinski definition) is 4. The van der Waals surface area contributed by atoms with Gasteiger partial charge in [0.05, 0.1) is 12.6 Å². The highest BCUT2D eigenvalue weighted by Crippen LogP contribution is 2.36. The highest BCUT2D eigenvalue weighted by Gasteiger charge is 2.25. The summed E-state index contributed by atoms with van der Waals surface area (Å²) >= 11 is 6.17. The molecule has 3 rings (SSSR count). The first-order valence-corrected chi connectivity index (χ1v) is 8.56. The third-order valence-electron chi connectivity index (χ3n) is 4.09. The zero-order valence-corrected chi connectivity index (χ0v) is 15.8. The number of carbonyl (C=O) groups excluding carboxylic acids is 1. The van der Waals surface area contributed by atoms with Gasteiger partial charge in [0.2, 0.25) is 0 Å². The molecule has 26 heavy (non-hydrogen) atoms. The van der Waals surface area contributed by atoms with Crippen LogP contribution in [-0.2, 0) is 16.0 Å². The van der Waals surface area contributed by atoms with Crippen molar-refractivity contribution < 1.29 is 18.7 Å². The van der Waals surface area contributed by atoms with E-state index in [9.17, 15) is 9.18 Å². The van der Waals surface area contributed by atoms with Crippen molar-refractivity contribution in [1.29, 1.82) is 0 Å². The Morgan fingerprint density at radius 3 is 2.85 bits per heavy atom. The molecule has 2 aromatic carbocycles. The molecule has 0 bridgehead atoms. The predicted octanol–water partition coefficient (Wildman–Crippen LogP) is 4.08. The molecule has 0 fully saturated rings. The monoisotopic (exact) mass is 399 g/mol. The topological polar surface area (TPSA) is 47.6 Å². The molecule has 1 N–H and O–H groups in total. The Labute approximate surface area is 163 Å². The molecule has 0 aromatic heterocycles. The van der Waals surface area contributed by atoms with E-state index in [1.54, 1.807) is 37.3 Å². The van der Waals surface area contributed by atoms with Crippen LogP contribution in [0.25, 0.3) is 0 Å². The number of fused-ring (bicyclic) bond motifs is 1. The number of rotatable bonds is 5. The zero-order chi connectivity index (χ0) is 17.8. The van der Waals surface area contributed by atoms with E-state index in [1.807, 2.05) is 0 Å². The molecule has 0 radical (unpaired) electrons. The van der Waals surface area contributed by atoms with Crippen molar-refractivity contribution in [3.63, 3.8) is 0 Å². The van der Waals surface area contributed by atoms with Gasteiger partial charge in [-0.15, -0.1) is 12.4 Å². The van der Waals surface area contributed by atoms with Gasteiger partial charge in [-0.2, -0.15) is 0 Å². The number of nitrogens with one attached hydrogen (secondary N) is 1. The van der Waals surface area contributed by atoms with Gasteiger partial charge in [0.15, 0.2) is 6.61 Å². The quantitative estimate of drug-likeness (QED) is 0.769. The average molecular weight is 400 g/mol.